The number of nitrogens with one attached hydrogen (secondary N) is 1. The lowest BCUT2D eigenvalue weighted by atomic mass is 10.1. The first kappa shape index (κ1) is 29.6. The van der Waals surface area contributed by atoms with Crippen LogP contribution in [-0.2, 0) is 29.1 Å². The molecule has 41 heavy (non-hydrogen) atoms. The molecule has 0 saturated carbocycles. The van der Waals surface area contributed by atoms with Gasteiger partial charge in [-0.3, -0.25) is 9.69 Å². The van der Waals surface area contributed by atoms with Gasteiger partial charge in [-0.1, -0.05) is 18.2 Å². The van der Waals surface area contributed by atoms with Gasteiger partial charge >= 0.3 is 0 Å². The lowest BCUT2D eigenvalue weighted by molar-refractivity contribution is -0.198. The summed E-state index contributed by atoms with van der Waals surface area (Å²) in [5, 5.41) is 0. The number of carbonyl (C=O) groups is 1. The SMILES string of the molecule is COCCN1CCN(c2ccc(-c3ccc(S(=O)(=O)N4CC=C(C(=O)NOC5CCCCO5)CC4)cc3)cn2)CC1. The zero-order valence-corrected chi connectivity index (χ0v) is 24.4. The van der Waals surface area contributed by atoms with Crippen molar-refractivity contribution in [2.45, 2.75) is 36.9 Å². The Hall–Kier alpha value is -2.87. The van der Waals surface area contributed by atoms with Gasteiger partial charge in [0, 0.05) is 83.3 Å². The second-order valence-electron chi connectivity index (χ2n) is 10.4. The molecule has 2 saturated heterocycles. The van der Waals surface area contributed by atoms with Gasteiger partial charge in [-0.05, 0) is 49.1 Å². The summed E-state index contributed by atoms with van der Waals surface area (Å²) in [6.45, 7) is 6.45. The molecular formula is C29H39N5O6S. The lowest BCUT2D eigenvalue weighted by Gasteiger charge is -2.35. The molecule has 4 heterocycles. The van der Waals surface area contributed by atoms with Gasteiger partial charge in [-0.25, -0.2) is 23.7 Å². The molecule has 1 atom stereocenters. The molecule has 1 aromatic heterocycles. The van der Waals surface area contributed by atoms with Gasteiger partial charge in [0.05, 0.1) is 11.5 Å². The van der Waals surface area contributed by atoms with E-state index in [0.29, 0.717) is 18.6 Å². The maximum absolute atomic E-state index is 13.3. The van der Waals surface area contributed by atoms with E-state index in [-0.39, 0.29) is 23.9 Å². The van der Waals surface area contributed by atoms with Crippen LogP contribution < -0.4 is 10.4 Å². The topological polar surface area (TPSA) is 114 Å². The quantitative estimate of drug-likeness (QED) is 0.420. The Labute approximate surface area is 242 Å². The van der Waals surface area contributed by atoms with E-state index in [0.717, 1.165) is 75.5 Å². The van der Waals surface area contributed by atoms with Gasteiger partial charge < -0.3 is 14.4 Å². The number of anilines is 1. The maximum atomic E-state index is 13.3. The molecule has 0 radical (unpaired) electrons. The molecule has 3 aliphatic heterocycles. The van der Waals surface area contributed by atoms with Crippen molar-refractivity contribution >= 4 is 21.7 Å². The maximum Gasteiger partial charge on any atom is 0.270 e. The highest BCUT2D eigenvalue weighted by atomic mass is 32.2. The Kier molecular flexibility index (Phi) is 10.0. The molecule has 3 aliphatic rings. The van der Waals surface area contributed by atoms with Crippen LogP contribution in [0.5, 0.6) is 0 Å². The highest BCUT2D eigenvalue weighted by Gasteiger charge is 2.28. The molecule has 1 N–H and O–H groups in total. The third-order valence-corrected chi connectivity index (χ3v) is 9.65. The van der Waals surface area contributed by atoms with Crippen LogP contribution in [0.3, 0.4) is 0 Å². The smallest absolute Gasteiger partial charge is 0.270 e. The van der Waals surface area contributed by atoms with Crippen molar-refractivity contribution in [3.8, 4) is 11.1 Å². The largest absolute Gasteiger partial charge is 0.383 e. The van der Waals surface area contributed by atoms with Crippen LogP contribution in [0.1, 0.15) is 25.7 Å². The summed E-state index contributed by atoms with van der Waals surface area (Å²) in [6.07, 6.45) is 6.07. The molecule has 11 nitrogen and oxygen atoms in total. The Balaban J connectivity index is 1.14. The second kappa shape index (κ2) is 13.9. The minimum Gasteiger partial charge on any atom is -0.383 e. The minimum atomic E-state index is -3.70. The van der Waals surface area contributed by atoms with Crippen LogP contribution >= 0.6 is 0 Å². The van der Waals surface area contributed by atoms with E-state index in [1.54, 1.807) is 25.3 Å². The van der Waals surface area contributed by atoms with Crippen LogP contribution in [0.15, 0.2) is 59.1 Å². The van der Waals surface area contributed by atoms with Crippen LogP contribution in [0.25, 0.3) is 11.1 Å². The van der Waals surface area contributed by atoms with Gasteiger partial charge in [0.15, 0.2) is 6.29 Å². The molecule has 0 spiro atoms. The minimum absolute atomic E-state index is 0.124. The van der Waals surface area contributed by atoms with E-state index in [1.807, 2.05) is 30.5 Å². The van der Waals surface area contributed by atoms with Crippen LogP contribution in [0, 0.1) is 0 Å². The fourth-order valence-electron chi connectivity index (χ4n) is 5.20. The number of amides is 1. The van der Waals surface area contributed by atoms with Crippen LogP contribution in [0.2, 0.25) is 0 Å². The van der Waals surface area contributed by atoms with Gasteiger partial charge in [0.25, 0.3) is 5.91 Å². The Bertz CT molecular complexity index is 1290. The molecule has 1 aromatic carbocycles. The number of benzene rings is 1. The number of sulfonamides is 1. The predicted molar refractivity (Wildman–Crippen MR) is 154 cm³/mol. The van der Waals surface area contributed by atoms with Crippen molar-refractivity contribution in [2.75, 3.05) is 71.0 Å². The zero-order chi connectivity index (χ0) is 28.7. The highest BCUT2D eigenvalue weighted by molar-refractivity contribution is 7.89. The third-order valence-electron chi connectivity index (χ3n) is 7.77. The van der Waals surface area contributed by atoms with Gasteiger partial charge in [0.2, 0.25) is 10.0 Å². The number of hydrogen-bond acceptors (Lipinski definition) is 9. The number of carbonyl (C=O) groups excluding carboxylic acids is 1. The summed E-state index contributed by atoms with van der Waals surface area (Å²) in [5.41, 5.74) is 4.77. The normalized spacial score (nSPS) is 21.0. The molecule has 1 unspecified atom stereocenters. The van der Waals surface area contributed by atoms with Crippen molar-refractivity contribution in [3.63, 3.8) is 0 Å². The van der Waals surface area contributed by atoms with Crippen molar-refractivity contribution < 1.29 is 27.5 Å². The summed E-state index contributed by atoms with van der Waals surface area (Å²) in [5.74, 6) is 0.587. The van der Waals surface area contributed by atoms with E-state index >= 15 is 0 Å². The Morgan fingerprint density at radius 1 is 1.05 bits per heavy atom. The molecule has 1 amide bonds. The molecule has 12 heteroatoms. The van der Waals surface area contributed by atoms with Crippen LogP contribution in [-0.4, -0.2) is 101 Å². The van der Waals surface area contributed by atoms with E-state index in [1.165, 1.54) is 4.31 Å². The number of nitrogens with zero attached hydrogens (tertiary/aromatic N) is 4. The van der Waals surface area contributed by atoms with Gasteiger partial charge in [-0.2, -0.15) is 4.31 Å². The summed E-state index contributed by atoms with van der Waals surface area (Å²) in [4.78, 5) is 27.4. The average molecular weight is 586 g/mol. The molecule has 222 valence electrons. The molecule has 5 rings (SSSR count). The second-order valence-corrected chi connectivity index (χ2v) is 12.4. The number of hydroxylamine groups is 1. The van der Waals surface area contributed by atoms with E-state index in [4.69, 9.17) is 14.3 Å². The van der Waals surface area contributed by atoms with Gasteiger partial charge in [-0.15, -0.1) is 0 Å². The van der Waals surface area contributed by atoms with Crippen LogP contribution in [0.4, 0.5) is 5.82 Å². The van der Waals surface area contributed by atoms with E-state index < -0.39 is 16.3 Å². The number of rotatable bonds is 10. The number of methoxy groups -OCH3 is 1. The summed E-state index contributed by atoms with van der Waals surface area (Å²) in [6, 6.07) is 10.9. The lowest BCUT2D eigenvalue weighted by Crippen LogP contribution is -2.47. The zero-order valence-electron chi connectivity index (χ0n) is 23.5. The Morgan fingerprint density at radius 3 is 2.46 bits per heavy atom. The number of hydrogen-bond donors (Lipinski definition) is 1. The van der Waals surface area contributed by atoms with Crippen molar-refractivity contribution in [1.82, 2.24) is 19.7 Å². The monoisotopic (exact) mass is 585 g/mol. The van der Waals surface area contributed by atoms with Crippen molar-refractivity contribution in [2.24, 2.45) is 0 Å². The molecule has 2 aromatic rings. The van der Waals surface area contributed by atoms with E-state index in [9.17, 15) is 13.2 Å². The summed E-state index contributed by atoms with van der Waals surface area (Å²) in [7, 11) is -1.97. The number of piperazine rings is 1. The number of aromatic nitrogens is 1. The number of pyridine rings is 1. The first-order valence-electron chi connectivity index (χ1n) is 14.2. The van der Waals surface area contributed by atoms with Crippen molar-refractivity contribution in [3.05, 3.63) is 54.2 Å². The highest BCUT2D eigenvalue weighted by Crippen LogP contribution is 2.26. The fourth-order valence-corrected chi connectivity index (χ4v) is 6.58. The first-order chi connectivity index (χ1) is 19.9. The fraction of sp³-hybridized carbons (Fsp3) is 0.517. The summed E-state index contributed by atoms with van der Waals surface area (Å²) >= 11 is 0. The standard InChI is InChI=1S/C29H39N5O6S/c1-38-21-19-32-15-17-33(18-16-32)27-10-7-25(22-30-27)23-5-8-26(9-6-23)41(36,37)34-13-11-24(12-14-34)29(35)31-40-28-4-2-3-20-39-28/h5-11,22,28H,2-4,12-21H2,1H3,(H,31,35). The molecule has 0 aliphatic carbocycles. The molecular weight excluding hydrogens is 546 g/mol. The van der Waals surface area contributed by atoms with Gasteiger partial charge in [0.1, 0.15) is 5.82 Å². The first-order valence-corrected chi connectivity index (χ1v) is 15.7. The third kappa shape index (κ3) is 7.51. The van der Waals surface area contributed by atoms with E-state index in [2.05, 4.69) is 20.3 Å². The summed E-state index contributed by atoms with van der Waals surface area (Å²) < 4.78 is 38.6. The Morgan fingerprint density at radius 2 is 1.83 bits per heavy atom. The molecule has 0 bridgehead atoms. The predicted octanol–water partition coefficient (Wildman–Crippen LogP) is 2.41. The molecule has 2 fully saturated rings. The number of ether oxygens (including phenoxy) is 2. The average Bonchev–Trinajstić information content (AvgIpc) is 3.03. The van der Waals surface area contributed by atoms with Crippen molar-refractivity contribution in [1.29, 1.82) is 0 Å².